The van der Waals surface area contributed by atoms with Gasteiger partial charge in [0.25, 0.3) is 0 Å². The first-order valence-electron chi connectivity index (χ1n) is 4.07. The smallest absolute Gasteiger partial charge is 0.0595 e. The fraction of sp³-hybridized carbons (Fsp3) is 0.400. The van der Waals surface area contributed by atoms with Crippen LogP contribution in [0.25, 0.3) is 0 Å². The Morgan fingerprint density at radius 1 is 1.17 bits per heavy atom. The van der Waals surface area contributed by atoms with Crippen LogP contribution in [0.4, 0.5) is 0 Å². The van der Waals surface area contributed by atoms with E-state index in [-0.39, 0.29) is 0 Å². The Morgan fingerprint density at radius 2 is 1.83 bits per heavy atom. The topological polar surface area (TPSA) is 0 Å². The molecule has 0 aliphatic heterocycles. The molecule has 64 valence electrons. The van der Waals surface area contributed by atoms with Gasteiger partial charge in [0.15, 0.2) is 0 Å². The second kappa shape index (κ2) is 2.65. The third-order valence-electron chi connectivity index (χ3n) is 2.62. The Bertz CT molecular complexity index is 314. The zero-order valence-electron chi connectivity index (χ0n) is 6.90. The fourth-order valence-corrected chi connectivity index (χ4v) is 1.65. The third-order valence-corrected chi connectivity index (χ3v) is 3.36. The van der Waals surface area contributed by atoms with Gasteiger partial charge in [-0.1, -0.05) is 36.2 Å². The van der Waals surface area contributed by atoms with E-state index < -0.39 is 0 Å². The average Bonchev–Trinajstić information content (AvgIpc) is 2.75. The minimum Gasteiger partial charge on any atom is -0.0827 e. The quantitative estimate of drug-likeness (QED) is 0.643. The normalized spacial score (nSPS) is 19.2. The van der Waals surface area contributed by atoms with Crippen molar-refractivity contribution in [1.29, 1.82) is 0 Å². The molecule has 0 N–H and O–H groups in total. The molecule has 0 atom stereocenters. The highest BCUT2D eigenvalue weighted by molar-refractivity contribution is 6.42. The number of halogens is 2. The molecular weight excluding hydrogens is 191 g/mol. The summed E-state index contributed by atoms with van der Waals surface area (Å²) in [4.78, 5) is 0. The molecule has 0 nitrogen and oxygen atoms in total. The molecule has 1 saturated carbocycles. The highest BCUT2D eigenvalue weighted by atomic mass is 35.5. The Morgan fingerprint density at radius 3 is 2.33 bits per heavy atom. The molecule has 2 rings (SSSR count). The van der Waals surface area contributed by atoms with Crippen molar-refractivity contribution in [2.75, 3.05) is 0 Å². The zero-order chi connectivity index (χ0) is 8.77. The van der Waals surface area contributed by atoms with Crippen molar-refractivity contribution in [3.05, 3.63) is 33.8 Å². The SMILES string of the molecule is CC1(c2ccc(Cl)c(Cl)c2)CC1. The van der Waals surface area contributed by atoms with Crippen LogP contribution in [0.2, 0.25) is 10.0 Å². The van der Waals surface area contributed by atoms with E-state index in [9.17, 15) is 0 Å². The number of benzene rings is 1. The van der Waals surface area contributed by atoms with Gasteiger partial charge in [0.1, 0.15) is 0 Å². The third kappa shape index (κ3) is 1.34. The van der Waals surface area contributed by atoms with Crippen molar-refractivity contribution in [1.82, 2.24) is 0 Å². The second-order valence-electron chi connectivity index (χ2n) is 3.69. The van der Waals surface area contributed by atoms with Crippen LogP contribution in [0.1, 0.15) is 25.3 Å². The molecule has 0 unspecified atom stereocenters. The Kier molecular flexibility index (Phi) is 1.85. The minimum atomic E-state index is 0.383. The lowest BCUT2D eigenvalue weighted by Crippen LogP contribution is -1.98. The number of hydrogen-bond donors (Lipinski definition) is 0. The summed E-state index contributed by atoms with van der Waals surface area (Å²) < 4.78 is 0. The lowest BCUT2D eigenvalue weighted by atomic mass is 9.99. The van der Waals surface area contributed by atoms with Gasteiger partial charge in [0.2, 0.25) is 0 Å². The van der Waals surface area contributed by atoms with Gasteiger partial charge in [0, 0.05) is 0 Å². The Hall–Kier alpha value is -0.200. The van der Waals surface area contributed by atoms with Crippen molar-refractivity contribution in [2.24, 2.45) is 0 Å². The highest BCUT2D eigenvalue weighted by Gasteiger charge is 2.38. The van der Waals surface area contributed by atoms with Gasteiger partial charge in [-0.25, -0.2) is 0 Å². The van der Waals surface area contributed by atoms with E-state index in [0.717, 1.165) is 0 Å². The molecule has 12 heavy (non-hydrogen) atoms. The summed E-state index contributed by atoms with van der Waals surface area (Å²) >= 11 is 11.7. The van der Waals surface area contributed by atoms with Crippen LogP contribution in [0.3, 0.4) is 0 Å². The molecule has 0 bridgehead atoms. The molecule has 1 aliphatic carbocycles. The highest BCUT2D eigenvalue weighted by Crippen LogP contribution is 2.48. The van der Waals surface area contributed by atoms with Gasteiger partial charge in [-0.2, -0.15) is 0 Å². The van der Waals surface area contributed by atoms with Gasteiger partial charge in [0.05, 0.1) is 10.0 Å². The van der Waals surface area contributed by atoms with Crippen LogP contribution in [0.15, 0.2) is 18.2 Å². The van der Waals surface area contributed by atoms with E-state index in [1.165, 1.54) is 18.4 Å². The molecule has 0 amide bonds. The molecule has 0 aromatic heterocycles. The van der Waals surface area contributed by atoms with Gasteiger partial charge in [-0.3, -0.25) is 0 Å². The van der Waals surface area contributed by atoms with Crippen LogP contribution in [0, 0.1) is 0 Å². The molecule has 0 spiro atoms. The summed E-state index contributed by atoms with van der Waals surface area (Å²) in [6.07, 6.45) is 2.54. The van der Waals surface area contributed by atoms with E-state index in [0.29, 0.717) is 15.5 Å². The molecular formula is C10H10Cl2. The van der Waals surface area contributed by atoms with Gasteiger partial charge in [-0.05, 0) is 36.0 Å². The zero-order valence-corrected chi connectivity index (χ0v) is 8.41. The standard InChI is InChI=1S/C10H10Cl2/c1-10(4-5-10)7-2-3-8(11)9(12)6-7/h2-3,6H,4-5H2,1H3. The van der Waals surface area contributed by atoms with Crippen LogP contribution in [-0.2, 0) is 5.41 Å². The first-order chi connectivity index (χ1) is 5.62. The molecule has 1 aromatic carbocycles. The van der Waals surface area contributed by atoms with Crippen molar-refractivity contribution in [3.63, 3.8) is 0 Å². The van der Waals surface area contributed by atoms with Crippen molar-refractivity contribution in [3.8, 4) is 0 Å². The summed E-state index contributed by atoms with van der Waals surface area (Å²) in [5, 5.41) is 1.31. The van der Waals surface area contributed by atoms with Gasteiger partial charge >= 0.3 is 0 Å². The minimum absolute atomic E-state index is 0.383. The molecule has 0 radical (unpaired) electrons. The van der Waals surface area contributed by atoms with Gasteiger partial charge < -0.3 is 0 Å². The van der Waals surface area contributed by atoms with E-state index in [1.807, 2.05) is 12.1 Å². The predicted octanol–water partition coefficient (Wildman–Crippen LogP) is 4.04. The predicted molar refractivity (Wildman–Crippen MR) is 53.0 cm³/mol. The lowest BCUT2D eigenvalue weighted by Gasteiger charge is -2.08. The van der Waals surface area contributed by atoms with Crippen LogP contribution in [-0.4, -0.2) is 0 Å². The summed E-state index contributed by atoms with van der Waals surface area (Å²) in [6.45, 7) is 2.26. The van der Waals surface area contributed by atoms with Crippen molar-refractivity contribution < 1.29 is 0 Å². The van der Waals surface area contributed by atoms with E-state index in [4.69, 9.17) is 23.2 Å². The summed E-state index contributed by atoms with van der Waals surface area (Å²) in [6, 6.07) is 5.93. The Balaban J connectivity index is 2.41. The number of rotatable bonds is 1. The maximum atomic E-state index is 5.92. The van der Waals surface area contributed by atoms with E-state index in [1.54, 1.807) is 0 Å². The maximum absolute atomic E-state index is 5.92. The lowest BCUT2D eigenvalue weighted by molar-refractivity contribution is 0.788. The fourth-order valence-electron chi connectivity index (χ4n) is 1.35. The first-order valence-corrected chi connectivity index (χ1v) is 4.83. The molecule has 2 heteroatoms. The van der Waals surface area contributed by atoms with Crippen LogP contribution < -0.4 is 0 Å². The molecule has 0 saturated heterocycles. The molecule has 1 fully saturated rings. The molecule has 1 aromatic rings. The summed E-state index contributed by atoms with van der Waals surface area (Å²) in [5.41, 5.74) is 1.70. The monoisotopic (exact) mass is 200 g/mol. The van der Waals surface area contributed by atoms with E-state index in [2.05, 4.69) is 13.0 Å². The maximum Gasteiger partial charge on any atom is 0.0595 e. The largest absolute Gasteiger partial charge is 0.0827 e. The Labute approximate surface area is 82.5 Å². The average molecular weight is 201 g/mol. The summed E-state index contributed by atoms with van der Waals surface area (Å²) in [5.74, 6) is 0. The molecule has 0 heterocycles. The van der Waals surface area contributed by atoms with Crippen molar-refractivity contribution >= 4 is 23.2 Å². The number of hydrogen-bond acceptors (Lipinski definition) is 0. The van der Waals surface area contributed by atoms with Crippen molar-refractivity contribution in [2.45, 2.75) is 25.2 Å². The first kappa shape index (κ1) is 8.40. The summed E-state index contributed by atoms with van der Waals surface area (Å²) in [7, 11) is 0. The molecule has 1 aliphatic rings. The van der Waals surface area contributed by atoms with Gasteiger partial charge in [-0.15, -0.1) is 0 Å². The second-order valence-corrected chi connectivity index (χ2v) is 4.50. The van der Waals surface area contributed by atoms with Crippen LogP contribution >= 0.6 is 23.2 Å². The van der Waals surface area contributed by atoms with E-state index >= 15 is 0 Å². The van der Waals surface area contributed by atoms with Crippen LogP contribution in [0.5, 0.6) is 0 Å².